The van der Waals surface area contributed by atoms with Gasteiger partial charge in [0.15, 0.2) is 6.61 Å². The van der Waals surface area contributed by atoms with Gasteiger partial charge in [-0.25, -0.2) is 4.79 Å². The lowest BCUT2D eigenvalue weighted by atomic mass is 10.0. The summed E-state index contributed by atoms with van der Waals surface area (Å²) in [5, 5.41) is 4.35. The lowest BCUT2D eigenvalue weighted by Gasteiger charge is -2.37. The predicted octanol–water partition coefficient (Wildman–Crippen LogP) is 3.61. The summed E-state index contributed by atoms with van der Waals surface area (Å²) >= 11 is 0. The number of esters is 1. The fraction of sp³-hybridized carbons (Fsp3) is 0.615. The molecule has 0 aliphatic carbocycles. The number of para-hydroxylation sites is 1. The number of methoxy groups -OCH3 is 1. The van der Waals surface area contributed by atoms with Crippen molar-refractivity contribution in [3.63, 3.8) is 0 Å². The van der Waals surface area contributed by atoms with Gasteiger partial charge in [-0.05, 0) is 65.1 Å². The van der Waals surface area contributed by atoms with Gasteiger partial charge in [0, 0.05) is 44.3 Å². The topological polar surface area (TPSA) is 82.0 Å². The highest BCUT2D eigenvalue weighted by atomic mass is 16.6. The molecule has 2 aromatic rings. The van der Waals surface area contributed by atoms with Crippen LogP contribution in [0.3, 0.4) is 0 Å². The summed E-state index contributed by atoms with van der Waals surface area (Å²) in [6.07, 6.45) is 3.80. The number of ether oxygens (including phenoxy) is 3. The molecule has 1 saturated heterocycles. The van der Waals surface area contributed by atoms with E-state index >= 15 is 0 Å². The van der Waals surface area contributed by atoms with Crippen molar-refractivity contribution in [1.29, 1.82) is 0 Å². The highest BCUT2D eigenvalue weighted by Gasteiger charge is 2.31. The maximum atomic E-state index is 14.0. The number of unbranched alkanes of at least 4 members (excludes halogenated alkanes) is 1. The number of hydrogen-bond donors (Lipinski definition) is 1. The lowest BCUT2D eigenvalue weighted by Crippen LogP contribution is -2.52. The second-order valence-electron chi connectivity index (χ2n) is 8.98. The molecular weight excluding hydrogens is 434 g/mol. The first kappa shape index (κ1) is 26.0. The molecule has 0 bridgehead atoms. The van der Waals surface area contributed by atoms with Gasteiger partial charge in [-0.1, -0.05) is 12.1 Å². The van der Waals surface area contributed by atoms with Crippen LogP contribution in [0.2, 0.25) is 0 Å². The van der Waals surface area contributed by atoms with Crippen LogP contribution in [0.1, 0.15) is 56.9 Å². The molecule has 0 unspecified atom stereocenters. The van der Waals surface area contributed by atoms with E-state index in [0.29, 0.717) is 31.2 Å². The Kier molecular flexibility index (Phi) is 9.77. The maximum absolute atomic E-state index is 14.0. The Morgan fingerprint density at radius 3 is 2.76 bits per heavy atom. The van der Waals surface area contributed by atoms with Crippen molar-refractivity contribution in [3.8, 4) is 5.75 Å². The van der Waals surface area contributed by atoms with Gasteiger partial charge in [0.2, 0.25) is 0 Å². The summed E-state index contributed by atoms with van der Waals surface area (Å²) in [6.45, 7) is 9.19. The summed E-state index contributed by atoms with van der Waals surface area (Å²) in [4.78, 5) is 27.9. The van der Waals surface area contributed by atoms with Gasteiger partial charge in [0.25, 0.3) is 5.91 Å². The number of fused-ring (bicyclic) bond motifs is 1. The van der Waals surface area contributed by atoms with Crippen molar-refractivity contribution in [1.82, 2.24) is 14.8 Å². The van der Waals surface area contributed by atoms with Crippen molar-refractivity contribution in [2.45, 2.75) is 65.1 Å². The minimum absolute atomic E-state index is 0.0305. The van der Waals surface area contributed by atoms with E-state index in [4.69, 9.17) is 14.2 Å². The van der Waals surface area contributed by atoms with Gasteiger partial charge in [-0.15, -0.1) is 0 Å². The molecule has 8 nitrogen and oxygen atoms in total. The zero-order valence-electron chi connectivity index (χ0n) is 21.0. The van der Waals surface area contributed by atoms with Gasteiger partial charge in [-0.3, -0.25) is 4.79 Å². The molecule has 34 heavy (non-hydrogen) atoms. The molecule has 1 aromatic heterocycles. The minimum Gasteiger partial charge on any atom is -0.480 e. The Balaban J connectivity index is 1.99. The van der Waals surface area contributed by atoms with E-state index in [0.717, 1.165) is 49.7 Å². The van der Waals surface area contributed by atoms with Crippen LogP contribution in [-0.4, -0.2) is 73.4 Å². The molecule has 1 amide bonds. The lowest BCUT2D eigenvalue weighted by molar-refractivity contribution is -0.145. The maximum Gasteiger partial charge on any atom is 0.344 e. The third kappa shape index (κ3) is 6.30. The molecule has 3 rings (SSSR count). The molecule has 1 aliphatic heterocycles. The van der Waals surface area contributed by atoms with E-state index in [9.17, 15) is 9.59 Å². The van der Waals surface area contributed by atoms with Crippen LogP contribution < -0.4 is 10.1 Å². The van der Waals surface area contributed by atoms with E-state index in [1.54, 1.807) is 14.0 Å². The van der Waals surface area contributed by atoms with Crippen LogP contribution in [0.5, 0.6) is 5.75 Å². The molecule has 0 saturated carbocycles. The first-order chi connectivity index (χ1) is 16.5. The van der Waals surface area contributed by atoms with E-state index in [-0.39, 0.29) is 24.6 Å². The van der Waals surface area contributed by atoms with Crippen LogP contribution in [-0.2, 0) is 20.8 Å². The van der Waals surface area contributed by atoms with Crippen LogP contribution >= 0.6 is 0 Å². The van der Waals surface area contributed by atoms with Crippen LogP contribution in [0.4, 0.5) is 0 Å². The molecule has 0 radical (unpaired) electrons. The first-order valence-corrected chi connectivity index (χ1v) is 12.4. The number of piperidine rings is 1. The van der Waals surface area contributed by atoms with Crippen molar-refractivity contribution < 1.29 is 23.8 Å². The Morgan fingerprint density at radius 2 is 2.09 bits per heavy atom. The average molecular weight is 474 g/mol. The number of aryl methyl sites for hydroxylation is 1. The van der Waals surface area contributed by atoms with Crippen LogP contribution in [0.15, 0.2) is 24.3 Å². The van der Waals surface area contributed by atoms with Crippen LogP contribution in [0, 0.1) is 0 Å². The minimum atomic E-state index is -0.412. The molecule has 0 spiro atoms. The zero-order valence-corrected chi connectivity index (χ0v) is 21.0. The van der Waals surface area contributed by atoms with Gasteiger partial charge >= 0.3 is 5.97 Å². The number of hydrogen-bond acceptors (Lipinski definition) is 6. The molecular formula is C26H39N3O5. The number of rotatable bonds is 12. The smallest absolute Gasteiger partial charge is 0.344 e. The largest absolute Gasteiger partial charge is 0.480 e. The van der Waals surface area contributed by atoms with Crippen molar-refractivity contribution >= 4 is 22.8 Å². The number of carbonyl (C=O) groups is 2. The van der Waals surface area contributed by atoms with Crippen molar-refractivity contribution in [3.05, 3.63) is 30.0 Å². The summed E-state index contributed by atoms with van der Waals surface area (Å²) < 4.78 is 18.2. The van der Waals surface area contributed by atoms with E-state index in [1.807, 2.05) is 29.2 Å². The number of benzene rings is 1. The third-order valence-corrected chi connectivity index (χ3v) is 6.19. The highest BCUT2D eigenvalue weighted by molar-refractivity contribution is 6.00. The summed E-state index contributed by atoms with van der Waals surface area (Å²) in [6, 6.07) is 7.91. The molecule has 1 aromatic carbocycles. The van der Waals surface area contributed by atoms with Crippen LogP contribution in [0.25, 0.3) is 10.9 Å². The first-order valence-electron chi connectivity index (χ1n) is 12.4. The molecule has 8 heteroatoms. The Morgan fingerprint density at radius 1 is 1.26 bits per heavy atom. The number of nitrogens with one attached hydrogen (secondary N) is 1. The molecule has 1 aliphatic rings. The van der Waals surface area contributed by atoms with Crippen molar-refractivity contribution in [2.24, 2.45) is 0 Å². The standard InChI is InChI=1S/C26H39N3O5/c1-5-33-24(30)18-34-23-12-8-10-20-16-22(28(25(20)23)14-6-7-15-32-4)26(31)29(19(2)3)21-11-9-13-27-17-21/h8,10,12,16,19,21,27H,5-7,9,11,13-15,17-18H2,1-4H3/t21-/m1/s1. The number of aromatic nitrogens is 1. The number of amides is 1. The summed E-state index contributed by atoms with van der Waals surface area (Å²) in [5.74, 6) is 0.194. The second-order valence-corrected chi connectivity index (χ2v) is 8.98. The van der Waals surface area contributed by atoms with Gasteiger partial charge < -0.3 is 29.0 Å². The van der Waals surface area contributed by atoms with Gasteiger partial charge in [-0.2, -0.15) is 0 Å². The fourth-order valence-electron chi connectivity index (χ4n) is 4.70. The van der Waals surface area contributed by atoms with Gasteiger partial charge in [0.1, 0.15) is 11.4 Å². The monoisotopic (exact) mass is 473 g/mol. The number of carbonyl (C=O) groups excluding carboxylic acids is 2. The molecule has 1 fully saturated rings. The molecule has 188 valence electrons. The molecule has 2 heterocycles. The SMILES string of the molecule is CCOC(=O)COc1cccc2cc(C(=O)N(C(C)C)[C@@H]3CCCNC3)n(CCCCOC)c12. The van der Waals surface area contributed by atoms with Gasteiger partial charge in [0.05, 0.1) is 12.1 Å². The highest BCUT2D eigenvalue weighted by Crippen LogP contribution is 2.31. The van der Waals surface area contributed by atoms with E-state index < -0.39 is 5.97 Å². The quantitative estimate of drug-likeness (QED) is 0.375. The predicted molar refractivity (Wildman–Crippen MR) is 132 cm³/mol. The Bertz CT molecular complexity index is 949. The molecule has 1 atom stereocenters. The summed E-state index contributed by atoms with van der Waals surface area (Å²) in [5.41, 5.74) is 1.48. The Labute approximate surface area is 202 Å². The normalized spacial score (nSPS) is 16.1. The second kappa shape index (κ2) is 12.8. The average Bonchev–Trinajstić information content (AvgIpc) is 3.20. The molecule has 1 N–H and O–H groups in total. The zero-order chi connectivity index (χ0) is 24.5. The number of nitrogens with zero attached hydrogens (tertiary/aromatic N) is 2. The Hall–Kier alpha value is -2.58. The van der Waals surface area contributed by atoms with Crippen molar-refractivity contribution in [2.75, 3.05) is 40.0 Å². The fourth-order valence-corrected chi connectivity index (χ4v) is 4.70. The third-order valence-electron chi connectivity index (χ3n) is 6.19. The van der Waals surface area contributed by atoms with E-state index in [1.165, 1.54) is 0 Å². The summed E-state index contributed by atoms with van der Waals surface area (Å²) in [7, 11) is 1.69. The van der Waals surface area contributed by atoms with E-state index in [2.05, 4.69) is 23.7 Å².